The standard InChI is InChI=1S/C18H22ClN3O/c1-22-8-2-3-11(18(22)23)9-16-17-13(6-7-20-16)14-10-12(19)4-5-15(14)21-17/h4-5,10-11,16,20-21H,2-3,6-9H2,1H3. The molecule has 4 nitrogen and oxygen atoms in total. The maximum atomic E-state index is 12.4. The molecule has 0 spiro atoms. The fourth-order valence-corrected chi connectivity index (χ4v) is 4.28. The van der Waals surface area contributed by atoms with Crippen LogP contribution < -0.4 is 5.32 Å². The van der Waals surface area contributed by atoms with Crippen molar-refractivity contribution in [2.75, 3.05) is 20.1 Å². The molecule has 4 rings (SSSR count). The summed E-state index contributed by atoms with van der Waals surface area (Å²) in [7, 11) is 1.92. The number of halogens is 1. The van der Waals surface area contributed by atoms with E-state index >= 15 is 0 Å². The molecule has 2 atom stereocenters. The highest BCUT2D eigenvalue weighted by Crippen LogP contribution is 2.35. The van der Waals surface area contributed by atoms with Crippen LogP contribution in [0.1, 0.15) is 36.6 Å². The average molecular weight is 332 g/mol. The first-order valence-electron chi connectivity index (χ1n) is 8.42. The van der Waals surface area contributed by atoms with Crippen molar-refractivity contribution in [3.8, 4) is 0 Å². The molecule has 2 aromatic rings. The number of piperidine rings is 1. The van der Waals surface area contributed by atoms with E-state index in [1.54, 1.807) is 0 Å². The van der Waals surface area contributed by atoms with Crippen LogP contribution in [-0.4, -0.2) is 35.9 Å². The Morgan fingerprint density at radius 2 is 2.26 bits per heavy atom. The third kappa shape index (κ3) is 2.64. The molecule has 1 fully saturated rings. The molecule has 1 aromatic heterocycles. The molecule has 1 amide bonds. The van der Waals surface area contributed by atoms with Crippen LogP contribution in [0, 0.1) is 5.92 Å². The number of benzene rings is 1. The number of hydrogen-bond acceptors (Lipinski definition) is 2. The summed E-state index contributed by atoms with van der Waals surface area (Å²) in [5.41, 5.74) is 3.75. The topological polar surface area (TPSA) is 48.1 Å². The Labute approximate surface area is 141 Å². The van der Waals surface area contributed by atoms with Gasteiger partial charge in [0, 0.05) is 47.2 Å². The fraction of sp³-hybridized carbons (Fsp3) is 0.500. The lowest BCUT2D eigenvalue weighted by atomic mass is 9.87. The summed E-state index contributed by atoms with van der Waals surface area (Å²) < 4.78 is 0. The molecule has 3 heterocycles. The molecule has 23 heavy (non-hydrogen) atoms. The minimum Gasteiger partial charge on any atom is -0.357 e. The third-order valence-electron chi connectivity index (χ3n) is 5.31. The van der Waals surface area contributed by atoms with Crippen molar-refractivity contribution in [1.29, 1.82) is 0 Å². The molecule has 2 aliphatic rings. The van der Waals surface area contributed by atoms with Gasteiger partial charge in [0.2, 0.25) is 5.91 Å². The Morgan fingerprint density at radius 3 is 3.13 bits per heavy atom. The van der Waals surface area contributed by atoms with E-state index in [9.17, 15) is 4.79 Å². The summed E-state index contributed by atoms with van der Waals surface area (Å²) >= 11 is 6.17. The molecular weight excluding hydrogens is 310 g/mol. The van der Waals surface area contributed by atoms with Gasteiger partial charge in [0.05, 0.1) is 0 Å². The van der Waals surface area contributed by atoms with Gasteiger partial charge in [-0.15, -0.1) is 0 Å². The van der Waals surface area contributed by atoms with E-state index < -0.39 is 0 Å². The second kappa shape index (κ2) is 5.84. The van der Waals surface area contributed by atoms with Gasteiger partial charge >= 0.3 is 0 Å². The van der Waals surface area contributed by atoms with Crippen LogP contribution in [0.2, 0.25) is 5.02 Å². The number of nitrogens with zero attached hydrogens (tertiary/aromatic N) is 1. The van der Waals surface area contributed by atoms with Crippen molar-refractivity contribution >= 4 is 28.4 Å². The highest BCUT2D eigenvalue weighted by Gasteiger charge is 2.32. The Balaban J connectivity index is 1.65. The molecule has 0 radical (unpaired) electrons. The molecule has 2 unspecified atom stereocenters. The summed E-state index contributed by atoms with van der Waals surface area (Å²) in [6.07, 6.45) is 3.99. The van der Waals surface area contributed by atoms with Crippen LogP contribution in [-0.2, 0) is 11.2 Å². The number of amides is 1. The van der Waals surface area contributed by atoms with Crippen LogP contribution in [0.5, 0.6) is 0 Å². The smallest absolute Gasteiger partial charge is 0.225 e. The summed E-state index contributed by atoms with van der Waals surface area (Å²) in [6.45, 7) is 1.84. The second-order valence-corrected chi connectivity index (χ2v) is 7.23. The van der Waals surface area contributed by atoms with Gasteiger partial charge in [-0.25, -0.2) is 0 Å². The van der Waals surface area contributed by atoms with Crippen LogP contribution in [0.4, 0.5) is 0 Å². The lowest BCUT2D eigenvalue weighted by molar-refractivity contribution is -0.137. The van der Waals surface area contributed by atoms with Crippen molar-refractivity contribution in [3.63, 3.8) is 0 Å². The summed E-state index contributed by atoms with van der Waals surface area (Å²) in [5.74, 6) is 0.427. The van der Waals surface area contributed by atoms with E-state index in [4.69, 9.17) is 11.6 Å². The number of likely N-dealkylation sites (tertiary alicyclic amines) is 1. The van der Waals surface area contributed by atoms with Crippen LogP contribution in [0.25, 0.3) is 10.9 Å². The molecule has 2 aliphatic heterocycles. The maximum absolute atomic E-state index is 12.4. The van der Waals surface area contributed by atoms with E-state index in [0.717, 1.165) is 49.3 Å². The number of rotatable bonds is 2. The number of fused-ring (bicyclic) bond motifs is 3. The van der Waals surface area contributed by atoms with Gasteiger partial charge in [0.25, 0.3) is 0 Å². The van der Waals surface area contributed by atoms with Crippen molar-refractivity contribution in [3.05, 3.63) is 34.5 Å². The van der Waals surface area contributed by atoms with Crippen molar-refractivity contribution in [2.45, 2.75) is 31.7 Å². The number of carbonyl (C=O) groups excluding carboxylic acids is 1. The van der Waals surface area contributed by atoms with Crippen molar-refractivity contribution in [2.24, 2.45) is 5.92 Å². The van der Waals surface area contributed by atoms with Gasteiger partial charge in [0.15, 0.2) is 0 Å². The Morgan fingerprint density at radius 1 is 1.39 bits per heavy atom. The molecule has 5 heteroatoms. The quantitative estimate of drug-likeness (QED) is 0.887. The van der Waals surface area contributed by atoms with Gasteiger partial charge < -0.3 is 15.2 Å². The van der Waals surface area contributed by atoms with Gasteiger partial charge in [-0.2, -0.15) is 0 Å². The minimum absolute atomic E-state index is 0.132. The number of aromatic amines is 1. The zero-order chi connectivity index (χ0) is 16.0. The minimum atomic E-state index is 0.132. The number of nitrogens with one attached hydrogen (secondary N) is 2. The molecule has 1 saturated heterocycles. The molecule has 1 aromatic carbocycles. The Hall–Kier alpha value is -1.52. The summed E-state index contributed by atoms with van der Waals surface area (Å²) in [5, 5.41) is 5.60. The van der Waals surface area contributed by atoms with E-state index in [2.05, 4.69) is 10.3 Å². The zero-order valence-corrected chi connectivity index (χ0v) is 14.1. The molecular formula is C18H22ClN3O. The predicted octanol–water partition coefficient (Wildman–Crippen LogP) is 3.27. The lowest BCUT2D eigenvalue weighted by Crippen LogP contribution is -2.41. The van der Waals surface area contributed by atoms with E-state index in [1.165, 1.54) is 16.6 Å². The predicted molar refractivity (Wildman–Crippen MR) is 92.7 cm³/mol. The lowest BCUT2D eigenvalue weighted by Gasteiger charge is -2.33. The summed E-state index contributed by atoms with van der Waals surface area (Å²) in [4.78, 5) is 17.8. The SMILES string of the molecule is CN1CCCC(CC2NCCc3c2[nH]c2ccc(Cl)cc32)C1=O. The van der Waals surface area contributed by atoms with Crippen LogP contribution >= 0.6 is 11.6 Å². The van der Waals surface area contributed by atoms with Gasteiger partial charge in [-0.05, 0) is 56.0 Å². The molecule has 0 bridgehead atoms. The van der Waals surface area contributed by atoms with Gasteiger partial charge in [-0.1, -0.05) is 11.6 Å². The Bertz CT molecular complexity index is 754. The highest BCUT2D eigenvalue weighted by atomic mass is 35.5. The van der Waals surface area contributed by atoms with Gasteiger partial charge in [-0.3, -0.25) is 4.79 Å². The van der Waals surface area contributed by atoms with E-state index in [0.29, 0.717) is 5.91 Å². The molecule has 0 aliphatic carbocycles. The fourth-order valence-electron chi connectivity index (χ4n) is 4.11. The Kier molecular flexibility index (Phi) is 3.82. The largest absolute Gasteiger partial charge is 0.357 e. The first-order valence-corrected chi connectivity index (χ1v) is 8.79. The number of carbonyl (C=O) groups is 1. The second-order valence-electron chi connectivity index (χ2n) is 6.80. The molecule has 0 saturated carbocycles. The number of H-pyrrole nitrogens is 1. The number of hydrogen-bond donors (Lipinski definition) is 2. The van der Waals surface area contributed by atoms with Crippen molar-refractivity contribution in [1.82, 2.24) is 15.2 Å². The maximum Gasteiger partial charge on any atom is 0.225 e. The number of aromatic nitrogens is 1. The van der Waals surface area contributed by atoms with E-state index in [-0.39, 0.29) is 12.0 Å². The van der Waals surface area contributed by atoms with Crippen LogP contribution in [0.3, 0.4) is 0 Å². The normalized spacial score (nSPS) is 25.0. The van der Waals surface area contributed by atoms with Gasteiger partial charge in [0.1, 0.15) is 0 Å². The molecule has 122 valence electrons. The van der Waals surface area contributed by atoms with Crippen LogP contribution in [0.15, 0.2) is 18.2 Å². The first kappa shape index (κ1) is 15.0. The zero-order valence-electron chi connectivity index (χ0n) is 13.4. The highest BCUT2D eigenvalue weighted by molar-refractivity contribution is 6.31. The van der Waals surface area contributed by atoms with E-state index in [1.807, 2.05) is 30.1 Å². The average Bonchev–Trinajstić information content (AvgIpc) is 2.91. The molecule has 2 N–H and O–H groups in total. The third-order valence-corrected chi connectivity index (χ3v) is 5.54. The summed E-state index contributed by atoms with van der Waals surface area (Å²) in [6, 6.07) is 6.25. The first-order chi connectivity index (χ1) is 11.1. The van der Waals surface area contributed by atoms with Crippen molar-refractivity contribution < 1.29 is 4.79 Å². The monoisotopic (exact) mass is 331 g/mol.